The van der Waals surface area contributed by atoms with E-state index in [9.17, 15) is 5.11 Å². The molecule has 0 bridgehead atoms. The Morgan fingerprint density at radius 3 is 2.73 bits per heavy atom. The van der Waals surface area contributed by atoms with Gasteiger partial charge in [-0.25, -0.2) is 0 Å². The molecule has 0 amide bonds. The summed E-state index contributed by atoms with van der Waals surface area (Å²) in [4.78, 5) is 4.92. The molecule has 1 heterocycles. The van der Waals surface area contributed by atoms with Gasteiger partial charge in [0.25, 0.3) is 0 Å². The fourth-order valence-corrected chi connectivity index (χ4v) is 3.80. The maximum Gasteiger partial charge on any atom is 0.127 e. The summed E-state index contributed by atoms with van der Waals surface area (Å²) in [5.74, 6) is 1.09. The molecule has 0 saturated carbocycles. The van der Waals surface area contributed by atoms with E-state index >= 15 is 0 Å². The van der Waals surface area contributed by atoms with Gasteiger partial charge in [0.2, 0.25) is 0 Å². The molecule has 1 atom stereocenters. The predicted octanol–water partition coefficient (Wildman–Crippen LogP) is 3.54. The summed E-state index contributed by atoms with van der Waals surface area (Å²) in [5.41, 5.74) is 2.29. The maximum absolute atomic E-state index is 10.2. The average molecular weight is 354 g/mol. The Balaban J connectivity index is 1.57. The molecule has 2 aromatic rings. The number of ether oxygens (including phenoxy) is 1. The lowest BCUT2D eigenvalue weighted by molar-refractivity contribution is 0.111. The smallest absolute Gasteiger partial charge is 0.127 e. The first-order valence-corrected chi connectivity index (χ1v) is 9.48. The SMILES string of the molecule is COc1cccc(O)c1CN1CCC[C@H](N(C)CCc2ccccc2)C1. The number of likely N-dealkylation sites (N-methyl/N-ethyl adjacent to an activating group) is 1. The van der Waals surface area contributed by atoms with Crippen LogP contribution in [0, 0.1) is 0 Å². The van der Waals surface area contributed by atoms with Crippen LogP contribution in [0.15, 0.2) is 48.5 Å². The van der Waals surface area contributed by atoms with Crippen molar-refractivity contribution < 1.29 is 9.84 Å². The monoisotopic (exact) mass is 354 g/mol. The number of rotatable bonds is 7. The molecule has 26 heavy (non-hydrogen) atoms. The number of piperidine rings is 1. The van der Waals surface area contributed by atoms with Gasteiger partial charge in [-0.1, -0.05) is 36.4 Å². The largest absolute Gasteiger partial charge is 0.507 e. The van der Waals surface area contributed by atoms with Crippen LogP contribution in [0.25, 0.3) is 0 Å². The van der Waals surface area contributed by atoms with Crippen LogP contribution in [0.2, 0.25) is 0 Å². The third-order valence-corrected chi connectivity index (χ3v) is 5.41. The second-order valence-corrected chi connectivity index (χ2v) is 7.21. The number of hydrogen-bond acceptors (Lipinski definition) is 4. The lowest BCUT2D eigenvalue weighted by Crippen LogP contribution is -2.46. The summed E-state index contributed by atoms with van der Waals surface area (Å²) in [6.07, 6.45) is 3.51. The lowest BCUT2D eigenvalue weighted by atomic mass is 10.0. The van der Waals surface area contributed by atoms with Crippen LogP contribution in [0.5, 0.6) is 11.5 Å². The number of nitrogens with zero attached hydrogens (tertiary/aromatic N) is 2. The number of methoxy groups -OCH3 is 1. The Bertz CT molecular complexity index is 690. The van der Waals surface area contributed by atoms with E-state index in [4.69, 9.17) is 4.74 Å². The zero-order chi connectivity index (χ0) is 18.4. The lowest BCUT2D eigenvalue weighted by Gasteiger charge is -2.38. The minimum atomic E-state index is 0.323. The van der Waals surface area contributed by atoms with Crippen molar-refractivity contribution in [3.63, 3.8) is 0 Å². The van der Waals surface area contributed by atoms with Crippen LogP contribution in [0.1, 0.15) is 24.0 Å². The van der Waals surface area contributed by atoms with E-state index in [2.05, 4.69) is 47.2 Å². The highest BCUT2D eigenvalue weighted by atomic mass is 16.5. The van der Waals surface area contributed by atoms with Gasteiger partial charge in [-0.3, -0.25) is 4.90 Å². The minimum absolute atomic E-state index is 0.323. The molecule has 4 nitrogen and oxygen atoms in total. The van der Waals surface area contributed by atoms with E-state index in [0.717, 1.165) is 43.9 Å². The van der Waals surface area contributed by atoms with Gasteiger partial charge >= 0.3 is 0 Å². The number of phenolic OH excluding ortho intramolecular Hbond substituents is 1. The highest BCUT2D eigenvalue weighted by Gasteiger charge is 2.24. The molecule has 3 rings (SSSR count). The van der Waals surface area contributed by atoms with Gasteiger partial charge in [0, 0.05) is 31.2 Å². The van der Waals surface area contributed by atoms with E-state index in [0.29, 0.717) is 11.8 Å². The van der Waals surface area contributed by atoms with Crippen molar-refractivity contribution in [1.82, 2.24) is 9.80 Å². The van der Waals surface area contributed by atoms with Crippen molar-refractivity contribution in [2.24, 2.45) is 0 Å². The molecular weight excluding hydrogens is 324 g/mol. The van der Waals surface area contributed by atoms with Crippen LogP contribution in [-0.2, 0) is 13.0 Å². The fourth-order valence-electron chi connectivity index (χ4n) is 3.80. The first kappa shape index (κ1) is 18.7. The Morgan fingerprint density at radius 1 is 1.15 bits per heavy atom. The first-order valence-electron chi connectivity index (χ1n) is 9.48. The van der Waals surface area contributed by atoms with Crippen molar-refractivity contribution in [2.75, 3.05) is 33.8 Å². The fraction of sp³-hybridized carbons (Fsp3) is 0.455. The normalized spacial score (nSPS) is 18.2. The highest BCUT2D eigenvalue weighted by molar-refractivity contribution is 5.43. The third kappa shape index (κ3) is 4.77. The number of aromatic hydroxyl groups is 1. The molecule has 0 radical (unpaired) electrons. The number of phenols is 1. The van der Waals surface area contributed by atoms with E-state index in [1.165, 1.54) is 18.4 Å². The summed E-state index contributed by atoms with van der Waals surface area (Å²) in [6, 6.07) is 16.7. The van der Waals surface area contributed by atoms with E-state index in [-0.39, 0.29) is 0 Å². The summed E-state index contributed by atoms with van der Waals surface area (Å²) >= 11 is 0. The van der Waals surface area contributed by atoms with Gasteiger partial charge < -0.3 is 14.7 Å². The number of benzene rings is 2. The van der Waals surface area contributed by atoms with E-state index < -0.39 is 0 Å². The van der Waals surface area contributed by atoms with Gasteiger partial charge in [0.15, 0.2) is 0 Å². The van der Waals surface area contributed by atoms with Crippen molar-refractivity contribution in [3.05, 3.63) is 59.7 Å². The highest BCUT2D eigenvalue weighted by Crippen LogP contribution is 2.29. The molecule has 1 aliphatic rings. The predicted molar refractivity (Wildman–Crippen MR) is 106 cm³/mol. The van der Waals surface area contributed by atoms with Gasteiger partial charge in [-0.05, 0) is 50.6 Å². The molecule has 1 N–H and O–H groups in total. The molecule has 4 heteroatoms. The molecule has 1 fully saturated rings. The number of likely N-dealkylation sites (tertiary alicyclic amines) is 1. The van der Waals surface area contributed by atoms with Crippen LogP contribution in [0.3, 0.4) is 0 Å². The molecular formula is C22H30N2O2. The van der Waals surface area contributed by atoms with Crippen molar-refractivity contribution in [3.8, 4) is 11.5 Å². The van der Waals surface area contributed by atoms with Crippen LogP contribution in [0.4, 0.5) is 0 Å². The quantitative estimate of drug-likeness (QED) is 0.825. The summed E-state index contributed by atoms with van der Waals surface area (Å²) < 4.78 is 5.43. The zero-order valence-corrected chi connectivity index (χ0v) is 15.9. The summed E-state index contributed by atoms with van der Waals surface area (Å²) in [5, 5.41) is 10.2. The number of hydrogen-bond donors (Lipinski definition) is 1. The summed E-state index contributed by atoms with van der Waals surface area (Å²) in [7, 11) is 3.90. The van der Waals surface area contributed by atoms with E-state index in [1.54, 1.807) is 13.2 Å². The molecule has 0 aliphatic carbocycles. The molecule has 0 spiro atoms. The Morgan fingerprint density at radius 2 is 1.96 bits per heavy atom. The molecule has 0 unspecified atom stereocenters. The molecule has 1 aliphatic heterocycles. The van der Waals surface area contributed by atoms with E-state index in [1.807, 2.05) is 12.1 Å². The molecule has 140 valence electrons. The zero-order valence-electron chi connectivity index (χ0n) is 15.9. The Kier molecular flexibility index (Phi) is 6.53. The van der Waals surface area contributed by atoms with Gasteiger partial charge in [0.1, 0.15) is 11.5 Å². The van der Waals surface area contributed by atoms with Crippen molar-refractivity contribution in [2.45, 2.75) is 31.8 Å². The standard InChI is InChI=1S/C22H30N2O2/c1-23(15-13-18-8-4-3-5-9-18)19-10-7-14-24(16-19)17-20-21(25)11-6-12-22(20)26-2/h3-6,8-9,11-12,19,25H,7,10,13-17H2,1-2H3/t19-/m0/s1. The second-order valence-electron chi connectivity index (χ2n) is 7.21. The van der Waals surface area contributed by atoms with Gasteiger partial charge in [-0.2, -0.15) is 0 Å². The van der Waals surface area contributed by atoms with Gasteiger partial charge in [-0.15, -0.1) is 0 Å². The second kappa shape index (κ2) is 9.06. The Labute approximate surface area is 157 Å². The Hall–Kier alpha value is -2.04. The van der Waals surface area contributed by atoms with Crippen molar-refractivity contribution >= 4 is 0 Å². The molecule has 1 saturated heterocycles. The maximum atomic E-state index is 10.2. The third-order valence-electron chi connectivity index (χ3n) is 5.41. The topological polar surface area (TPSA) is 35.9 Å². The average Bonchev–Trinajstić information content (AvgIpc) is 2.68. The van der Waals surface area contributed by atoms with Crippen LogP contribution in [-0.4, -0.2) is 54.7 Å². The minimum Gasteiger partial charge on any atom is -0.507 e. The van der Waals surface area contributed by atoms with Crippen molar-refractivity contribution in [1.29, 1.82) is 0 Å². The molecule has 2 aromatic carbocycles. The first-order chi connectivity index (χ1) is 12.7. The van der Waals surface area contributed by atoms with Gasteiger partial charge in [0.05, 0.1) is 7.11 Å². The van der Waals surface area contributed by atoms with Crippen LogP contribution >= 0.6 is 0 Å². The van der Waals surface area contributed by atoms with Crippen LogP contribution < -0.4 is 4.74 Å². The summed E-state index contributed by atoms with van der Waals surface area (Å²) in [6.45, 7) is 3.91. The molecule has 0 aromatic heterocycles.